The van der Waals surface area contributed by atoms with Crippen molar-refractivity contribution >= 4 is 26.7 Å². The number of hydrogen-bond donors (Lipinski definition) is 1. The summed E-state index contributed by atoms with van der Waals surface area (Å²) in [6.07, 6.45) is 0. The maximum atomic E-state index is 10.1. The summed E-state index contributed by atoms with van der Waals surface area (Å²) in [5.74, 6) is 1.49. The van der Waals surface area contributed by atoms with Crippen LogP contribution in [0.5, 0.6) is 17.2 Å². The average molecular weight is 297 g/mol. The van der Waals surface area contributed by atoms with E-state index in [9.17, 15) is 5.11 Å². The van der Waals surface area contributed by atoms with Gasteiger partial charge >= 0.3 is 0 Å². The first-order valence-corrected chi connectivity index (χ1v) is 5.91. The molecule has 2 aromatic rings. The number of rotatable bonds is 2. The Kier molecular flexibility index (Phi) is 3.15. The molecule has 0 saturated carbocycles. The molecule has 0 aliphatic rings. The van der Waals surface area contributed by atoms with Crippen LogP contribution in [0.3, 0.4) is 0 Å². The minimum Gasteiger partial charge on any atom is -0.506 e. The number of ether oxygens (including phenoxy) is 2. The number of phenols is 1. The lowest BCUT2D eigenvalue weighted by Gasteiger charge is -2.12. The number of aryl methyl sites for hydroxylation is 1. The van der Waals surface area contributed by atoms with Crippen LogP contribution in [-0.2, 0) is 0 Å². The molecule has 2 rings (SSSR count). The van der Waals surface area contributed by atoms with Crippen molar-refractivity contribution in [3.8, 4) is 17.2 Å². The number of hydrogen-bond acceptors (Lipinski definition) is 3. The van der Waals surface area contributed by atoms with Gasteiger partial charge in [-0.1, -0.05) is 0 Å². The zero-order chi connectivity index (χ0) is 12.6. The fraction of sp³-hybridized carbons (Fsp3) is 0.231. The molecular formula is C13H13BrO3. The van der Waals surface area contributed by atoms with Gasteiger partial charge in [-0.15, -0.1) is 0 Å². The predicted molar refractivity (Wildman–Crippen MR) is 71.2 cm³/mol. The molecule has 0 atom stereocenters. The molecular weight excluding hydrogens is 284 g/mol. The van der Waals surface area contributed by atoms with Gasteiger partial charge in [-0.25, -0.2) is 0 Å². The smallest absolute Gasteiger partial charge is 0.141 e. The Morgan fingerprint density at radius 2 is 1.82 bits per heavy atom. The van der Waals surface area contributed by atoms with Gasteiger partial charge in [0.15, 0.2) is 0 Å². The maximum absolute atomic E-state index is 10.1. The van der Waals surface area contributed by atoms with Crippen molar-refractivity contribution in [3.05, 3.63) is 28.2 Å². The third-order valence-electron chi connectivity index (χ3n) is 2.72. The van der Waals surface area contributed by atoms with Gasteiger partial charge < -0.3 is 14.6 Å². The third kappa shape index (κ3) is 1.93. The van der Waals surface area contributed by atoms with E-state index >= 15 is 0 Å². The van der Waals surface area contributed by atoms with E-state index in [-0.39, 0.29) is 5.75 Å². The molecule has 0 fully saturated rings. The van der Waals surface area contributed by atoms with Crippen molar-refractivity contribution in [1.82, 2.24) is 0 Å². The molecule has 17 heavy (non-hydrogen) atoms. The Bertz CT molecular complexity index is 579. The van der Waals surface area contributed by atoms with Crippen LogP contribution in [0.15, 0.2) is 22.7 Å². The fourth-order valence-corrected chi connectivity index (χ4v) is 2.16. The normalized spacial score (nSPS) is 10.6. The summed E-state index contributed by atoms with van der Waals surface area (Å²) >= 11 is 3.36. The molecule has 90 valence electrons. The van der Waals surface area contributed by atoms with E-state index in [2.05, 4.69) is 15.9 Å². The molecule has 0 aromatic heterocycles. The molecule has 3 nitrogen and oxygen atoms in total. The van der Waals surface area contributed by atoms with E-state index in [4.69, 9.17) is 9.47 Å². The molecule has 0 unspecified atom stereocenters. The van der Waals surface area contributed by atoms with Gasteiger partial charge in [-0.2, -0.15) is 0 Å². The van der Waals surface area contributed by atoms with E-state index in [1.165, 1.54) is 0 Å². The molecule has 0 aliphatic carbocycles. The second-order valence-corrected chi connectivity index (χ2v) is 4.58. The fourth-order valence-electron chi connectivity index (χ4n) is 1.85. The number of fused-ring (bicyclic) bond motifs is 1. The number of methoxy groups -OCH3 is 2. The average Bonchev–Trinajstić information content (AvgIpc) is 2.34. The van der Waals surface area contributed by atoms with Gasteiger partial charge in [0, 0.05) is 6.07 Å². The van der Waals surface area contributed by atoms with Crippen molar-refractivity contribution in [2.45, 2.75) is 6.92 Å². The highest BCUT2D eigenvalue weighted by Gasteiger charge is 2.14. The maximum Gasteiger partial charge on any atom is 0.141 e. The molecule has 0 amide bonds. The molecule has 0 radical (unpaired) electrons. The van der Waals surface area contributed by atoms with Crippen molar-refractivity contribution in [3.63, 3.8) is 0 Å². The zero-order valence-electron chi connectivity index (χ0n) is 9.87. The lowest BCUT2D eigenvalue weighted by atomic mass is 10.1. The Hall–Kier alpha value is -1.42. The monoisotopic (exact) mass is 296 g/mol. The topological polar surface area (TPSA) is 38.7 Å². The summed E-state index contributed by atoms with van der Waals surface area (Å²) in [6.45, 7) is 1.93. The second kappa shape index (κ2) is 4.45. The third-order valence-corrected chi connectivity index (χ3v) is 3.73. The van der Waals surface area contributed by atoms with Crippen LogP contribution in [0.2, 0.25) is 0 Å². The highest BCUT2D eigenvalue weighted by molar-refractivity contribution is 9.10. The molecule has 0 aliphatic heterocycles. The van der Waals surface area contributed by atoms with Crippen LogP contribution >= 0.6 is 15.9 Å². The molecule has 0 bridgehead atoms. The van der Waals surface area contributed by atoms with Gasteiger partial charge in [-0.3, -0.25) is 0 Å². The minimum atomic E-state index is 0.194. The Morgan fingerprint density at radius 1 is 1.12 bits per heavy atom. The first-order valence-electron chi connectivity index (χ1n) is 5.12. The molecule has 2 aromatic carbocycles. The quantitative estimate of drug-likeness (QED) is 0.920. The Labute approximate surface area is 108 Å². The minimum absolute atomic E-state index is 0.194. The van der Waals surface area contributed by atoms with Gasteiger partial charge in [0.2, 0.25) is 0 Å². The van der Waals surface area contributed by atoms with Crippen molar-refractivity contribution in [1.29, 1.82) is 0 Å². The van der Waals surface area contributed by atoms with E-state index in [0.717, 1.165) is 10.9 Å². The van der Waals surface area contributed by atoms with Crippen molar-refractivity contribution in [2.24, 2.45) is 0 Å². The standard InChI is InChI=1S/C13H13BrO3/c1-7-4-8-5-9(16-2)6-10(17-3)11(8)13(15)12(7)14/h4-6,15H,1-3H3. The predicted octanol–water partition coefficient (Wildman–Crippen LogP) is 3.63. The first-order chi connectivity index (χ1) is 8.08. The summed E-state index contributed by atoms with van der Waals surface area (Å²) in [7, 11) is 3.17. The summed E-state index contributed by atoms with van der Waals surface area (Å²) in [5, 5.41) is 11.7. The molecule has 0 spiro atoms. The highest BCUT2D eigenvalue weighted by atomic mass is 79.9. The van der Waals surface area contributed by atoms with Crippen LogP contribution in [0.1, 0.15) is 5.56 Å². The summed E-state index contributed by atoms with van der Waals surface area (Å²) in [5.41, 5.74) is 0.963. The molecule has 4 heteroatoms. The van der Waals surface area contributed by atoms with E-state index in [1.54, 1.807) is 20.3 Å². The van der Waals surface area contributed by atoms with Crippen LogP contribution in [-0.4, -0.2) is 19.3 Å². The molecule has 1 N–H and O–H groups in total. The van der Waals surface area contributed by atoms with Crippen LogP contribution < -0.4 is 9.47 Å². The number of aromatic hydroxyl groups is 1. The largest absolute Gasteiger partial charge is 0.506 e. The van der Waals surface area contributed by atoms with Crippen molar-refractivity contribution < 1.29 is 14.6 Å². The highest BCUT2D eigenvalue weighted by Crippen LogP contribution is 2.42. The number of benzene rings is 2. The number of phenolic OH excluding ortho intramolecular Hbond substituents is 1. The van der Waals surface area contributed by atoms with Crippen LogP contribution in [0.4, 0.5) is 0 Å². The SMILES string of the molecule is COc1cc(OC)c2c(O)c(Br)c(C)cc2c1. The van der Waals surface area contributed by atoms with Crippen LogP contribution in [0.25, 0.3) is 10.8 Å². The summed E-state index contributed by atoms with van der Waals surface area (Å²) in [4.78, 5) is 0. The Morgan fingerprint density at radius 3 is 2.41 bits per heavy atom. The second-order valence-electron chi connectivity index (χ2n) is 3.78. The molecule has 0 heterocycles. The van der Waals surface area contributed by atoms with Gasteiger partial charge in [-0.05, 0) is 45.9 Å². The van der Waals surface area contributed by atoms with Gasteiger partial charge in [0.1, 0.15) is 17.2 Å². The number of halogens is 1. The van der Waals surface area contributed by atoms with Gasteiger partial charge in [0.05, 0.1) is 24.1 Å². The lowest BCUT2D eigenvalue weighted by molar-refractivity contribution is 0.396. The summed E-state index contributed by atoms with van der Waals surface area (Å²) < 4.78 is 11.2. The van der Waals surface area contributed by atoms with E-state index < -0.39 is 0 Å². The first kappa shape index (κ1) is 12.0. The van der Waals surface area contributed by atoms with E-state index in [1.807, 2.05) is 19.1 Å². The Balaban J connectivity index is 2.89. The van der Waals surface area contributed by atoms with Crippen molar-refractivity contribution in [2.75, 3.05) is 14.2 Å². The molecule has 0 saturated heterocycles. The van der Waals surface area contributed by atoms with E-state index in [0.29, 0.717) is 21.4 Å². The zero-order valence-corrected chi connectivity index (χ0v) is 11.5. The van der Waals surface area contributed by atoms with Gasteiger partial charge in [0.25, 0.3) is 0 Å². The van der Waals surface area contributed by atoms with Crippen LogP contribution in [0, 0.1) is 6.92 Å². The lowest BCUT2D eigenvalue weighted by Crippen LogP contribution is -1.90. The summed E-state index contributed by atoms with van der Waals surface area (Å²) in [6, 6.07) is 5.60.